The number of hydrogen-bond acceptors (Lipinski definition) is 3. The van der Waals surface area contributed by atoms with Crippen LogP contribution in [0.5, 0.6) is 0 Å². The number of thiophene rings is 1. The molecule has 3 nitrogen and oxygen atoms in total. The lowest BCUT2D eigenvalue weighted by Crippen LogP contribution is -2.34. The number of hydrogen-bond donors (Lipinski definition) is 1. The van der Waals surface area contributed by atoms with Crippen LogP contribution in [0.2, 0.25) is 8.67 Å². The van der Waals surface area contributed by atoms with Gasteiger partial charge in [0.15, 0.2) is 0 Å². The van der Waals surface area contributed by atoms with Gasteiger partial charge in [-0.15, -0.1) is 11.3 Å². The van der Waals surface area contributed by atoms with E-state index in [2.05, 4.69) is 5.32 Å². The Morgan fingerprint density at radius 2 is 2.19 bits per heavy atom. The molecule has 1 aromatic rings. The van der Waals surface area contributed by atoms with Gasteiger partial charge in [0.25, 0.3) is 5.91 Å². The maximum atomic E-state index is 12.1. The minimum atomic E-state index is -0.0168. The fraction of sp³-hybridized carbons (Fsp3) is 0.500. The molecule has 1 N–H and O–H groups in total. The number of rotatable bonds is 1. The number of carbonyl (C=O) groups excluding carboxylic acids is 1. The Labute approximate surface area is 108 Å². The van der Waals surface area contributed by atoms with Crippen molar-refractivity contribution in [3.63, 3.8) is 0 Å². The van der Waals surface area contributed by atoms with Gasteiger partial charge in [-0.2, -0.15) is 0 Å². The second-order valence-corrected chi connectivity index (χ2v) is 5.92. The van der Waals surface area contributed by atoms with Gasteiger partial charge in [0.05, 0.1) is 9.90 Å². The number of amides is 1. The maximum Gasteiger partial charge on any atom is 0.256 e. The van der Waals surface area contributed by atoms with Gasteiger partial charge in [-0.05, 0) is 19.0 Å². The third-order valence-corrected chi connectivity index (χ3v) is 4.00. The smallest absolute Gasteiger partial charge is 0.256 e. The third kappa shape index (κ3) is 2.69. The standard InChI is InChI=1S/C10H12Cl2N2OS/c11-8-6-7(9(12)16-8)10(15)14-4-1-2-13-3-5-14/h6,13H,1-5H2. The van der Waals surface area contributed by atoms with Crippen LogP contribution in [0.1, 0.15) is 16.8 Å². The van der Waals surface area contributed by atoms with E-state index in [-0.39, 0.29) is 5.91 Å². The van der Waals surface area contributed by atoms with Gasteiger partial charge < -0.3 is 10.2 Å². The molecular weight excluding hydrogens is 267 g/mol. The predicted octanol–water partition coefficient (Wildman–Crippen LogP) is 2.49. The molecule has 0 aliphatic carbocycles. The SMILES string of the molecule is O=C(c1cc(Cl)sc1Cl)N1CCCNCC1. The highest BCUT2D eigenvalue weighted by Gasteiger charge is 2.21. The van der Waals surface area contributed by atoms with Crippen molar-refractivity contribution in [1.29, 1.82) is 0 Å². The number of carbonyl (C=O) groups is 1. The van der Waals surface area contributed by atoms with Crippen molar-refractivity contribution < 1.29 is 4.79 Å². The molecular formula is C10H12Cl2N2OS. The molecule has 88 valence electrons. The van der Waals surface area contributed by atoms with Crippen LogP contribution in [0.4, 0.5) is 0 Å². The molecule has 0 aromatic carbocycles. The van der Waals surface area contributed by atoms with Crippen LogP contribution < -0.4 is 5.32 Å². The molecule has 2 heterocycles. The molecule has 1 aliphatic rings. The zero-order valence-corrected chi connectivity index (χ0v) is 11.0. The lowest BCUT2D eigenvalue weighted by Gasteiger charge is -2.19. The Bertz CT molecular complexity index is 386. The summed E-state index contributed by atoms with van der Waals surface area (Å²) in [5.74, 6) is -0.0168. The highest BCUT2D eigenvalue weighted by molar-refractivity contribution is 7.20. The first kappa shape index (κ1) is 12.2. The third-order valence-electron chi connectivity index (χ3n) is 2.51. The van der Waals surface area contributed by atoms with Crippen molar-refractivity contribution in [2.24, 2.45) is 0 Å². The van der Waals surface area contributed by atoms with Crippen LogP contribution in [0.15, 0.2) is 6.07 Å². The summed E-state index contributed by atoms with van der Waals surface area (Å²) in [5.41, 5.74) is 0.526. The topological polar surface area (TPSA) is 32.3 Å². The van der Waals surface area contributed by atoms with Crippen molar-refractivity contribution in [2.75, 3.05) is 26.2 Å². The highest BCUT2D eigenvalue weighted by Crippen LogP contribution is 2.31. The average Bonchev–Trinajstić information content (AvgIpc) is 2.49. The summed E-state index contributed by atoms with van der Waals surface area (Å²) < 4.78 is 1.04. The second kappa shape index (κ2) is 5.36. The first-order valence-corrected chi connectivity index (χ1v) is 6.70. The zero-order valence-electron chi connectivity index (χ0n) is 8.63. The Hall–Kier alpha value is -0.290. The van der Waals surface area contributed by atoms with Crippen molar-refractivity contribution in [3.8, 4) is 0 Å². The van der Waals surface area contributed by atoms with Crippen LogP contribution in [0.25, 0.3) is 0 Å². The summed E-state index contributed by atoms with van der Waals surface area (Å²) >= 11 is 13.0. The summed E-state index contributed by atoms with van der Waals surface area (Å²) in [6, 6.07) is 1.65. The molecule has 6 heteroatoms. The van der Waals surface area contributed by atoms with Gasteiger partial charge in [-0.1, -0.05) is 23.2 Å². The number of nitrogens with one attached hydrogen (secondary N) is 1. The van der Waals surface area contributed by atoms with E-state index in [1.54, 1.807) is 6.07 Å². The summed E-state index contributed by atoms with van der Waals surface area (Å²) in [5, 5.41) is 3.25. The Morgan fingerprint density at radius 1 is 1.38 bits per heavy atom. The molecule has 1 amide bonds. The van der Waals surface area contributed by atoms with E-state index in [4.69, 9.17) is 23.2 Å². The van der Waals surface area contributed by atoms with Crippen LogP contribution in [0, 0.1) is 0 Å². The molecule has 16 heavy (non-hydrogen) atoms. The fourth-order valence-electron chi connectivity index (χ4n) is 1.71. The maximum absolute atomic E-state index is 12.1. The normalized spacial score (nSPS) is 17.2. The minimum absolute atomic E-state index is 0.0168. The van der Waals surface area contributed by atoms with E-state index in [1.165, 1.54) is 11.3 Å². The molecule has 1 aliphatic heterocycles. The molecule has 1 aromatic heterocycles. The van der Waals surface area contributed by atoms with E-state index >= 15 is 0 Å². The molecule has 0 saturated carbocycles. The summed E-state index contributed by atoms with van der Waals surface area (Å²) in [6.07, 6.45) is 0.973. The van der Waals surface area contributed by atoms with Crippen LogP contribution in [-0.4, -0.2) is 37.0 Å². The Kier molecular flexibility index (Phi) is 4.08. The van der Waals surface area contributed by atoms with Crippen LogP contribution in [-0.2, 0) is 0 Å². The Morgan fingerprint density at radius 3 is 2.88 bits per heavy atom. The van der Waals surface area contributed by atoms with Gasteiger partial charge in [-0.25, -0.2) is 0 Å². The monoisotopic (exact) mass is 278 g/mol. The molecule has 0 radical (unpaired) electrons. The summed E-state index contributed by atoms with van der Waals surface area (Å²) in [6.45, 7) is 3.29. The van der Waals surface area contributed by atoms with Gasteiger partial charge >= 0.3 is 0 Å². The van der Waals surface area contributed by atoms with Gasteiger partial charge in [0.1, 0.15) is 4.34 Å². The Balaban J connectivity index is 2.14. The lowest BCUT2D eigenvalue weighted by molar-refractivity contribution is 0.0767. The van der Waals surface area contributed by atoms with E-state index < -0.39 is 0 Å². The molecule has 1 fully saturated rings. The van der Waals surface area contributed by atoms with E-state index in [1.807, 2.05) is 4.90 Å². The van der Waals surface area contributed by atoms with E-state index in [0.29, 0.717) is 14.2 Å². The minimum Gasteiger partial charge on any atom is -0.337 e. The van der Waals surface area contributed by atoms with Crippen molar-refractivity contribution >= 4 is 40.4 Å². The average molecular weight is 279 g/mol. The highest BCUT2D eigenvalue weighted by atomic mass is 35.5. The zero-order chi connectivity index (χ0) is 11.5. The summed E-state index contributed by atoms with van der Waals surface area (Å²) in [7, 11) is 0. The number of nitrogens with zero attached hydrogens (tertiary/aromatic N) is 1. The lowest BCUT2D eigenvalue weighted by atomic mass is 10.3. The van der Waals surface area contributed by atoms with Gasteiger partial charge in [-0.3, -0.25) is 4.79 Å². The fourth-order valence-corrected chi connectivity index (χ4v) is 3.15. The second-order valence-electron chi connectivity index (χ2n) is 3.63. The molecule has 1 saturated heterocycles. The quantitative estimate of drug-likeness (QED) is 0.856. The van der Waals surface area contributed by atoms with Crippen molar-refractivity contribution in [3.05, 3.63) is 20.3 Å². The van der Waals surface area contributed by atoms with Gasteiger partial charge in [0, 0.05) is 19.6 Å². The first-order chi connectivity index (χ1) is 7.68. The van der Waals surface area contributed by atoms with Crippen LogP contribution >= 0.6 is 34.5 Å². The molecule has 0 unspecified atom stereocenters. The molecule has 0 atom stereocenters. The largest absolute Gasteiger partial charge is 0.337 e. The first-order valence-electron chi connectivity index (χ1n) is 5.13. The predicted molar refractivity (Wildman–Crippen MR) is 67.7 cm³/mol. The number of halogens is 2. The summed E-state index contributed by atoms with van der Waals surface area (Å²) in [4.78, 5) is 14.0. The van der Waals surface area contributed by atoms with Crippen LogP contribution in [0.3, 0.4) is 0 Å². The van der Waals surface area contributed by atoms with E-state index in [9.17, 15) is 4.79 Å². The van der Waals surface area contributed by atoms with Crippen molar-refractivity contribution in [2.45, 2.75) is 6.42 Å². The van der Waals surface area contributed by atoms with Crippen molar-refractivity contribution in [1.82, 2.24) is 10.2 Å². The van der Waals surface area contributed by atoms with E-state index in [0.717, 1.165) is 32.6 Å². The van der Waals surface area contributed by atoms with Gasteiger partial charge in [0.2, 0.25) is 0 Å². The molecule has 2 rings (SSSR count). The molecule has 0 bridgehead atoms. The molecule has 0 spiro atoms.